The number of hydrogen-bond acceptors (Lipinski definition) is 1. The lowest BCUT2D eigenvalue weighted by molar-refractivity contribution is 0.589. The van der Waals surface area contributed by atoms with Crippen LogP contribution in [0.1, 0.15) is 57.7 Å². The summed E-state index contributed by atoms with van der Waals surface area (Å²) in [6, 6.07) is 9.66. The highest BCUT2D eigenvalue weighted by Gasteiger charge is 2.22. The summed E-state index contributed by atoms with van der Waals surface area (Å²) in [5.74, 6) is 0. The monoisotopic (exact) mass is 276 g/mol. The van der Waals surface area contributed by atoms with Crippen molar-refractivity contribution in [3.8, 4) is 0 Å². The number of rotatable bonds is 3. The van der Waals surface area contributed by atoms with Crippen molar-refractivity contribution in [2.75, 3.05) is 0 Å². The highest BCUT2D eigenvalue weighted by Crippen LogP contribution is 2.24. The van der Waals surface area contributed by atoms with Crippen LogP contribution in [0, 0.1) is 0 Å². The van der Waals surface area contributed by atoms with E-state index >= 15 is 0 Å². The van der Waals surface area contributed by atoms with Gasteiger partial charge in [0.2, 0.25) is 0 Å². The van der Waals surface area contributed by atoms with Crippen molar-refractivity contribution >= 4 is 17.3 Å². The van der Waals surface area contributed by atoms with Crippen LogP contribution in [0.3, 0.4) is 0 Å². The quantitative estimate of drug-likeness (QED) is 0.824. The fourth-order valence-corrected chi connectivity index (χ4v) is 2.35. The van der Waals surface area contributed by atoms with E-state index in [1.54, 1.807) is 0 Å². The molecule has 1 aliphatic carbocycles. The first-order valence-corrected chi connectivity index (χ1v) is 7.44. The zero-order valence-corrected chi connectivity index (χ0v) is 13.1. The van der Waals surface area contributed by atoms with E-state index in [-0.39, 0.29) is 11.5 Å². The lowest BCUT2D eigenvalue weighted by atomic mass is 9.86. The van der Waals surface area contributed by atoms with Crippen LogP contribution < -0.4 is 10.6 Å². The molecule has 1 aromatic carbocycles. The van der Waals surface area contributed by atoms with E-state index in [4.69, 9.17) is 12.2 Å². The Morgan fingerprint density at radius 3 is 2.26 bits per heavy atom. The average Bonchev–Trinajstić information content (AvgIpc) is 3.11. The number of benzene rings is 1. The number of thiocarbonyl (C=S) groups is 1. The van der Waals surface area contributed by atoms with E-state index in [2.05, 4.69) is 62.6 Å². The molecule has 1 atom stereocenters. The molecular weight excluding hydrogens is 252 g/mol. The van der Waals surface area contributed by atoms with Crippen LogP contribution in [0.15, 0.2) is 24.3 Å². The molecule has 2 nitrogen and oxygen atoms in total. The van der Waals surface area contributed by atoms with E-state index in [0.29, 0.717) is 6.04 Å². The minimum absolute atomic E-state index is 0.206. The second-order valence-corrected chi connectivity index (χ2v) is 6.89. The normalized spacial score (nSPS) is 16.8. The van der Waals surface area contributed by atoms with Gasteiger partial charge in [0.25, 0.3) is 0 Å². The van der Waals surface area contributed by atoms with Gasteiger partial charge >= 0.3 is 0 Å². The van der Waals surface area contributed by atoms with Crippen LogP contribution in [0.4, 0.5) is 0 Å². The second kappa shape index (κ2) is 5.49. The van der Waals surface area contributed by atoms with Gasteiger partial charge in [0, 0.05) is 6.04 Å². The van der Waals surface area contributed by atoms with Crippen molar-refractivity contribution in [3.05, 3.63) is 35.4 Å². The predicted molar refractivity (Wildman–Crippen MR) is 85.4 cm³/mol. The van der Waals surface area contributed by atoms with Gasteiger partial charge in [0.15, 0.2) is 5.11 Å². The molecule has 1 saturated carbocycles. The Morgan fingerprint density at radius 2 is 1.79 bits per heavy atom. The summed E-state index contributed by atoms with van der Waals surface area (Å²) in [5.41, 5.74) is 2.84. The smallest absolute Gasteiger partial charge is 0.166 e. The van der Waals surface area contributed by atoms with Gasteiger partial charge in [-0.15, -0.1) is 0 Å². The van der Waals surface area contributed by atoms with Crippen LogP contribution in [0.2, 0.25) is 0 Å². The third-order valence-corrected chi connectivity index (χ3v) is 3.77. The molecule has 0 heterocycles. The Kier molecular flexibility index (Phi) is 4.14. The lowest BCUT2D eigenvalue weighted by Gasteiger charge is -2.21. The first kappa shape index (κ1) is 14.3. The molecule has 1 aromatic rings. The summed E-state index contributed by atoms with van der Waals surface area (Å²) in [6.07, 6.45) is 2.49. The van der Waals surface area contributed by atoms with Crippen LogP contribution in [0.25, 0.3) is 0 Å². The zero-order valence-electron chi connectivity index (χ0n) is 12.3. The maximum atomic E-state index is 5.31. The summed E-state index contributed by atoms with van der Waals surface area (Å²) >= 11 is 5.31. The molecule has 0 saturated heterocycles. The molecule has 2 N–H and O–H groups in total. The highest BCUT2D eigenvalue weighted by atomic mass is 32.1. The number of hydrogen-bond donors (Lipinski definition) is 2. The second-order valence-electron chi connectivity index (χ2n) is 6.49. The maximum absolute atomic E-state index is 5.31. The summed E-state index contributed by atoms with van der Waals surface area (Å²) in [7, 11) is 0. The maximum Gasteiger partial charge on any atom is 0.166 e. The van der Waals surface area contributed by atoms with Gasteiger partial charge in [-0.05, 0) is 48.5 Å². The van der Waals surface area contributed by atoms with Crippen molar-refractivity contribution in [3.63, 3.8) is 0 Å². The fourth-order valence-electron chi connectivity index (χ4n) is 2.01. The lowest BCUT2D eigenvalue weighted by Crippen LogP contribution is -2.37. The molecule has 1 unspecified atom stereocenters. The molecule has 19 heavy (non-hydrogen) atoms. The Bertz CT molecular complexity index is 441. The molecule has 0 radical (unpaired) electrons. The van der Waals surface area contributed by atoms with Crippen molar-refractivity contribution < 1.29 is 0 Å². The zero-order chi connectivity index (χ0) is 14.0. The summed E-state index contributed by atoms with van der Waals surface area (Å²) in [6.45, 7) is 8.85. The Labute approximate surface area is 122 Å². The summed E-state index contributed by atoms with van der Waals surface area (Å²) in [5, 5.41) is 7.43. The van der Waals surface area contributed by atoms with Gasteiger partial charge < -0.3 is 10.6 Å². The highest BCUT2D eigenvalue weighted by molar-refractivity contribution is 7.80. The predicted octanol–water partition coefficient (Wildman–Crippen LogP) is 3.67. The average molecular weight is 276 g/mol. The molecule has 3 heteroatoms. The summed E-state index contributed by atoms with van der Waals surface area (Å²) < 4.78 is 0. The third-order valence-electron chi connectivity index (χ3n) is 3.54. The Balaban J connectivity index is 1.94. The molecule has 1 aliphatic rings. The Hall–Kier alpha value is -1.09. The molecule has 0 aliphatic heterocycles. The van der Waals surface area contributed by atoms with Gasteiger partial charge in [0.1, 0.15) is 0 Å². The molecule has 0 spiro atoms. The van der Waals surface area contributed by atoms with Gasteiger partial charge in [-0.3, -0.25) is 0 Å². The summed E-state index contributed by atoms with van der Waals surface area (Å²) in [4.78, 5) is 0. The Morgan fingerprint density at radius 1 is 1.21 bits per heavy atom. The first-order chi connectivity index (χ1) is 8.86. The first-order valence-electron chi connectivity index (χ1n) is 7.04. The third kappa shape index (κ3) is 4.20. The largest absolute Gasteiger partial charge is 0.360 e. The van der Waals surface area contributed by atoms with E-state index in [1.807, 2.05) is 0 Å². The molecular formula is C16H24N2S. The van der Waals surface area contributed by atoms with Crippen LogP contribution in [-0.2, 0) is 5.41 Å². The van der Waals surface area contributed by atoms with E-state index in [0.717, 1.165) is 5.11 Å². The van der Waals surface area contributed by atoms with E-state index in [9.17, 15) is 0 Å². The fraction of sp³-hybridized carbons (Fsp3) is 0.562. The van der Waals surface area contributed by atoms with Crippen molar-refractivity contribution in [1.29, 1.82) is 0 Å². The number of nitrogens with one attached hydrogen (secondary N) is 2. The van der Waals surface area contributed by atoms with Crippen LogP contribution in [-0.4, -0.2) is 11.2 Å². The SMILES string of the molecule is CC(NC(=S)NC1CC1)c1ccc(C(C)(C)C)cc1. The van der Waals surface area contributed by atoms with Crippen molar-refractivity contribution in [2.45, 2.75) is 58.0 Å². The van der Waals surface area contributed by atoms with E-state index in [1.165, 1.54) is 24.0 Å². The molecule has 0 bridgehead atoms. The van der Waals surface area contributed by atoms with Crippen LogP contribution >= 0.6 is 12.2 Å². The van der Waals surface area contributed by atoms with Crippen molar-refractivity contribution in [1.82, 2.24) is 10.6 Å². The minimum atomic E-state index is 0.206. The van der Waals surface area contributed by atoms with E-state index < -0.39 is 0 Å². The molecule has 0 amide bonds. The topological polar surface area (TPSA) is 24.1 Å². The molecule has 2 rings (SSSR count). The molecule has 0 aromatic heterocycles. The minimum Gasteiger partial charge on any atom is -0.360 e. The van der Waals surface area contributed by atoms with Gasteiger partial charge in [-0.2, -0.15) is 0 Å². The molecule has 104 valence electrons. The molecule has 1 fully saturated rings. The van der Waals surface area contributed by atoms with Gasteiger partial charge in [0.05, 0.1) is 6.04 Å². The standard InChI is InChI=1S/C16H24N2S/c1-11(17-15(19)18-14-9-10-14)12-5-7-13(8-6-12)16(2,3)4/h5-8,11,14H,9-10H2,1-4H3,(H2,17,18,19). The van der Waals surface area contributed by atoms with Crippen molar-refractivity contribution in [2.24, 2.45) is 0 Å². The van der Waals surface area contributed by atoms with Gasteiger partial charge in [-0.1, -0.05) is 45.0 Å². The van der Waals surface area contributed by atoms with Crippen LogP contribution in [0.5, 0.6) is 0 Å². The van der Waals surface area contributed by atoms with Gasteiger partial charge in [-0.25, -0.2) is 0 Å².